The summed E-state index contributed by atoms with van der Waals surface area (Å²) < 4.78 is 5.02. The normalized spacial score (nSPS) is 10.5. The molecule has 0 bridgehead atoms. The molecule has 0 aliphatic heterocycles. The van der Waals surface area contributed by atoms with Crippen molar-refractivity contribution < 1.29 is 9.32 Å². The van der Waals surface area contributed by atoms with Crippen molar-refractivity contribution in [1.82, 2.24) is 15.1 Å². The molecule has 116 valence electrons. The van der Waals surface area contributed by atoms with E-state index in [1.807, 2.05) is 18.2 Å². The van der Waals surface area contributed by atoms with Gasteiger partial charge >= 0.3 is 0 Å². The molecule has 0 atom stereocenters. The van der Waals surface area contributed by atoms with Gasteiger partial charge in [-0.15, -0.1) is 0 Å². The maximum atomic E-state index is 12.3. The van der Waals surface area contributed by atoms with Gasteiger partial charge in [0, 0.05) is 18.1 Å². The van der Waals surface area contributed by atoms with Crippen molar-refractivity contribution >= 4 is 23.4 Å². The summed E-state index contributed by atoms with van der Waals surface area (Å²) in [7, 11) is 0. The number of carbonyl (C=O) groups is 1. The Kier molecular flexibility index (Phi) is 4.38. The highest BCUT2D eigenvalue weighted by atomic mass is 32.2. The van der Waals surface area contributed by atoms with Crippen LogP contribution in [-0.4, -0.2) is 21.0 Å². The van der Waals surface area contributed by atoms with E-state index in [4.69, 9.17) is 4.52 Å². The van der Waals surface area contributed by atoms with Gasteiger partial charge in [0.05, 0.1) is 5.69 Å². The van der Waals surface area contributed by atoms with E-state index in [0.29, 0.717) is 22.7 Å². The van der Waals surface area contributed by atoms with Gasteiger partial charge in [0.15, 0.2) is 0 Å². The number of nitrogens with one attached hydrogen (secondary N) is 1. The van der Waals surface area contributed by atoms with Gasteiger partial charge in [-0.1, -0.05) is 23.0 Å². The van der Waals surface area contributed by atoms with E-state index in [9.17, 15) is 4.79 Å². The molecule has 3 aromatic heterocycles. The number of hydrogen-bond acceptors (Lipinski definition) is 6. The number of anilines is 1. The van der Waals surface area contributed by atoms with Crippen LogP contribution >= 0.6 is 11.8 Å². The van der Waals surface area contributed by atoms with Crippen molar-refractivity contribution in [2.24, 2.45) is 0 Å². The molecule has 0 saturated heterocycles. The molecule has 3 heterocycles. The molecule has 1 amide bonds. The minimum absolute atomic E-state index is 0.249. The molecule has 0 spiro atoms. The van der Waals surface area contributed by atoms with E-state index in [1.54, 1.807) is 38.4 Å². The Labute approximate surface area is 137 Å². The van der Waals surface area contributed by atoms with Crippen LogP contribution in [0.1, 0.15) is 21.8 Å². The molecule has 7 heteroatoms. The van der Waals surface area contributed by atoms with Crippen LogP contribution in [-0.2, 0) is 0 Å². The first-order valence-electron chi connectivity index (χ1n) is 6.92. The average molecular weight is 326 g/mol. The fourth-order valence-electron chi connectivity index (χ4n) is 2.06. The molecule has 0 radical (unpaired) electrons. The SMILES string of the molecule is Cc1noc(C)c1C(=O)Nc1ccnc(Sc2ccccn2)c1. The first kappa shape index (κ1) is 15.2. The smallest absolute Gasteiger partial charge is 0.261 e. The summed E-state index contributed by atoms with van der Waals surface area (Å²) >= 11 is 1.43. The quantitative estimate of drug-likeness (QED) is 0.790. The molecule has 3 aromatic rings. The number of hydrogen-bond donors (Lipinski definition) is 1. The predicted molar refractivity (Wildman–Crippen MR) is 86.5 cm³/mol. The van der Waals surface area contributed by atoms with E-state index in [0.717, 1.165) is 10.1 Å². The van der Waals surface area contributed by atoms with Crippen LogP contribution in [0.15, 0.2) is 57.3 Å². The molecule has 3 rings (SSSR count). The number of carbonyl (C=O) groups excluding carboxylic acids is 1. The number of aromatic nitrogens is 3. The summed E-state index contributed by atoms with van der Waals surface area (Å²) in [6, 6.07) is 9.21. The zero-order valence-electron chi connectivity index (χ0n) is 12.6. The van der Waals surface area contributed by atoms with Gasteiger partial charge < -0.3 is 9.84 Å². The third-order valence-electron chi connectivity index (χ3n) is 3.10. The molecule has 0 unspecified atom stereocenters. The largest absolute Gasteiger partial charge is 0.361 e. The van der Waals surface area contributed by atoms with Crippen molar-refractivity contribution in [1.29, 1.82) is 0 Å². The first-order valence-corrected chi connectivity index (χ1v) is 7.74. The van der Waals surface area contributed by atoms with Crippen molar-refractivity contribution in [3.05, 3.63) is 59.7 Å². The molecular weight excluding hydrogens is 312 g/mol. The van der Waals surface area contributed by atoms with Crippen molar-refractivity contribution in [2.45, 2.75) is 23.9 Å². The highest BCUT2D eigenvalue weighted by Crippen LogP contribution is 2.26. The summed E-state index contributed by atoms with van der Waals surface area (Å²) in [6.07, 6.45) is 3.37. The minimum Gasteiger partial charge on any atom is -0.361 e. The van der Waals surface area contributed by atoms with E-state index in [1.165, 1.54) is 11.8 Å². The van der Waals surface area contributed by atoms with Crippen molar-refractivity contribution in [3.8, 4) is 0 Å². The van der Waals surface area contributed by atoms with Gasteiger partial charge in [-0.25, -0.2) is 9.97 Å². The first-order chi connectivity index (χ1) is 11.1. The van der Waals surface area contributed by atoms with E-state index >= 15 is 0 Å². The molecule has 1 N–H and O–H groups in total. The molecule has 0 saturated carbocycles. The van der Waals surface area contributed by atoms with Crippen LogP contribution in [0.5, 0.6) is 0 Å². The Bertz CT molecular complexity index is 814. The van der Waals surface area contributed by atoms with Gasteiger partial charge in [0.1, 0.15) is 21.4 Å². The zero-order chi connectivity index (χ0) is 16.2. The maximum Gasteiger partial charge on any atom is 0.261 e. The number of rotatable bonds is 4. The average Bonchev–Trinajstić information content (AvgIpc) is 2.87. The molecular formula is C16H14N4O2S. The van der Waals surface area contributed by atoms with E-state index in [2.05, 4.69) is 20.4 Å². The van der Waals surface area contributed by atoms with E-state index < -0.39 is 0 Å². The summed E-state index contributed by atoms with van der Waals surface area (Å²) in [6.45, 7) is 3.45. The molecule has 6 nitrogen and oxygen atoms in total. The standard InChI is InChI=1S/C16H14N4O2S/c1-10-15(11(2)22-20-10)16(21)19-12-6-8-18-14(9-12)23-13-5-3-4-7-17-13/h3-9H,1-2H3,(H,18,19,21). The van der Waals surface area contributed by atoms with Gasteiger partial charge in [-0.05, 0) is 38.1 Å². The van der Waals surface area contributed by atoms with Gasteiger partial charge in [-0.2, -0.15) is 0 Å². The lowest BCUT2D eigenvalue weighted by Gasteiger charge is -2.06. The molecule has 0 fully saturated rings. The van der Waals surface area contributed by atoms with E-state index in [-0.39, 0.29) is 5.91 Å². The van der Waals surface area contributed by atoms with Crippen molar-refractivity contribution in [2.75, 3.05) is 5.32 Å². The summed E-state index contributed by atoms with van der Waals surface area (Å²) in [5.41, 5.74) is 1.68. The van der Waals surface area contributed by atoms with Crippen LogP contribution in [0.25, 0.3) is 0 Å². The summed E-state index contributed by atoms with van der Waals surface area (Å²) in [4.78, 5) is 20.9. The Morgan fingerprint density at radius 1 is 1.13 bits per heavy atom. The minimum atomic E-state index is -0.249. The number of nitrogens with zero attached hydrogens (tertiary/aromatic N) is 3. The molecule has 0 aromatic carbocycles. The Balaban J connectivity index is 1.76. The Morgan fingerprint density at radius 2 is 1.96 bits per heavy atom. The lowest BCUT2D eigenvalue weighted by Crippen LogP contribution is -2.13. The summed E-state index contributed by atoms with van der Waals surface area (Å²) in [5, 5.41) is 8.22. The van der Waals surface area contributed by atoms with Crippen LogP contribution in [0.2, 0.25) is 0 Å². The van der Waals surface area contributed by atoms with Crippen molar-refractivity contribution in [3.63, 3.8) is 0 Å². The molecule has 23 heavy (non-hydrogen) atoms. The number of pyridine rings is 2. The maximum absolute atomic E-state index is 12.3. The summed E-state index contributed by atoms with van der Waals surface area (Å²) in [5.74, 6) is 0.248. The van der Waals surface area contributed by atoms with Gasteiger partial charge in [-0.3, -0.25) is 4.79 Å². The monoisotopic (exact) mass is 326 g/mol. The second kappa shape index (κ2) is 6.62. The highest BCUT2D eigenvalue weighted by Gasteiger charge is 2.17. The second-order valence-corrected chi connectivity index (χ2v) is 5.85. The third-order valence-corrected chi connectivity index (χ3v) is 3.98. The van der Waals surface area contributed by atoms with Crippen LogP contribution < -0.4 is 5.32 Å². The number of aryl methyl sites for hydroxylation is 2. The second-order valence-electron chi connectivity index (χ2n) is 4.81. The third kappa shape index (κ3) is 3.57. The fourth-order valence-corrected chi connectivity index (χ4v) is 2.83. The van der Waals surface area contributed by atoms with Gasteiger partial charge in [0.25, 0.3) is 5.91 Å². The fraction of sp³-hybridized carbons (Fsp3) is 0.125. The highest BCUT2D eigenvalue weighted by molar-refractivity contribution is 7.99. The lowest BCUT2D eigenvalue weighted by molar-refractivity contribution is 0.102. The zero-order valence-corrected chi connectivity index (χ0v) is 13.4. The Hall–Kier alpha value is -2.67. The van der Waals surface area contributed by atoms with Crippen LogP contribution in [0.3, 0.4) is 0 Å². The lowest BCUT2D eigenvalue weighted by atomic mass is 10.2. The predicted octanol–water partition coefficient (Wildman–Crippen LogP) is 3.48. The van der Waals surface area contributed by atoms with Crippen LogP contribution in [0, 0.1) is 13.8 Å². The molecule has 0 aliphatic rings. The van der Waals surface area contributed by atoms with Gasteiger partial charge in [0.2, 0.25) is 0 Å². The van der Waals surface area contributed by atoms with Crippen LogP contribution in [0.4, 0.5) is 5.69 Å². The number of amides is 1. The molecule has 0 aliphatic carbocycles. The Morgan fingerprint density at radius 3 is 2.65 bits per heavy atom. The topological polar surface area (TPSA) is 80.9 Å².